The molecular formula is C23H22FN3O. The lowest BCUT2D eigenvalue weighted by atomic mass is 10.0. The number of nitrogens with one attached hydrogen (secondary N) is 1. The average Bonchev–Trinajstić information content (AvgIpc) is 3.38. The summed E-state index contributed by atoms with van der Waals surface area (Å²) in [7, 11) is 0. The monoisotopic (exact) mass is 375 g/mol. The summed E-state index contributed by atoms with van der Waals surface area (Å²) in [5.74, 6) is 0.0865. The number of hydrogen-bond donors (Lipinski definition) is 1. The number of allylic oxidation sites excluding steroid dienone is 2. The lowest BCUT2D eigenvalue weighted by Gasteiger charge is -2.09. The van der Waals surface area contributed by atoms with Crippen LogP contribution in [0, 0.1) is 11.7 Å². The van der Waals surface area contributed by atoms with E-state index in [9.17, 15) is 9.18 Å². The molecule has 1 N–H and O–H groups in total. The molecule has 0 radical (unpaired) electrons. The third kappa shape index (κ3) is 4.19. The van der Waals surface area contributed by atoms with Crippen LogP contribution in [0.4, 0.5) is 4.39 Å². The van der Waals surface area contributed by atoms with Crippen molar-refractivity contribution in [3.63, 3.8) is 0 Å². The second-order valence-electron chi connectivity index (χ2n) is 7.04. The fourth-order valence-electron chi connectivity index (χ4n) is 3.47. The van der Waals surface area contributed by atoms with Gasteiger partial charge in [0.05, 0.1) is 11.4 Å². The summed E-state index contributed by atoms with van der Waals surface area (Å²) in [5, 5.41) is 7.71. The SMILES string of the molecule is O=C(CC1C=CCC1)NCc1cn(-c2ccccc2)nc1-c1ccc(F)cc1. The highest BCUT2D eigenvalue weighted by atomic mass is 19.1. The summed E-state index contributed by atoms with van der Waals surface area (Å²) in [5.41, 5.74) is 3.38. The van der Waals surface area contributed by atoms with Crippen LogP contribution in [-0.2, 0) is 11.3 Å². The number of amides is 1. The van der Waals surface area contributed by atoms with Crippen LogP contribution in [0.3, 0.4) is 0 Å². The lowest BCUT2D eigenvalue weighted by molar-refractivity contribution is -0.121. The molecule has 1 unspecified atom stereocenters. The Morgan fingerprint density at radius 3 is 2.64 bits per heavy atom. The molecule has 0 saturated heterocycles. The zero-order valence-corrected chi connectivity index (χ0v) is 15.5. The summed E-state index contributed by atoms with van der Waals surface area (Å²) in [6.07, 6.45) is 8.78. The molecule has 0 aliphatic heterocycles. The number of hydrogen-bond acceptors (Lipinski definition) is 2. The van der Waals surface area contributed by atoms with Gasteiger partial charge in [-0.15, -0.1) is 0 Å². The zero-order valence-electron chi connectivity index (χ0n) is 15.5. The van der Waals surface area contributed by atoms with E-state index in [-0.39, 0.29) is 11.7 Å². The van der Waals surface area contributed by atoms with Crippen LogP contribution in [0.1, 0.15) is 24.8 Å². The topological polar surface area (TPSA) is 46.9 Å². The molecule has 0 spiro atoms. The van der Waals surface area contributed by atoms with E-state index in [1.54, 1.807) is 16.8 Å². The predicted octanol–water partition coefficient (Wildman–Crippen LogP) is 4.65. The van der Waals surface area contributed by atoms with E-state index in [1.807, 2.05) is 36.5 Å². The highest BCUT2D eigenvalue weighted by Crippen LogP contribution is 2.25. The van der Waals surface area contributed by atoms with Gasteiger partial charge in [-0.05, 0) is 55.2 Å². The number of nitrogens with zero attached hydrogens (tertiary/aromatic N) is 2. The van der Waals surface area contributed by atoms with Crippen molar-refractivity contribution in [1.82, 2.24) is 15.1 Å². The Morgan fingerprint density at radius 1 is 1.14 bits per heavy atom. The number of aromatic nitrogens is 2. The molecule has 4 nitrogen and oxygen atoms in total. The Bertz CT molecular complexity index is 977. The minimum atomic E-state index is -0.286. The average molecular weight is 375 g/mol. The third-order valence-electron chi connectivity index (χ3n) is 4.96. The zero-order chi connectivity index (χ0) is 19.3. The minimum absolute atomic E-state index is 0.0362. The first kappa shape index (κ1) is 18.2. The predicted molar refractivity (Wildman–Crippen MR) is 107 cm³/mol. The smallest absolute Gasteiger partial charge is 0.220 e. The van der Waals surface area contributed by atoms with E-state index in [4.69, 9.17) is 5.10 Å². The molecule has 142 valence electrons. The maximum atomic E-state index is 13.3. The molecule has 0 saturated carbocycles. The Hall–Kier alpha value is -3.21. The van der Waals surface area contributed by atoms with E-state index in [0.717, 1.165) is 35.3 Å². The number of para-hydroxylation sites is 1. The first-order valence-electron chi connectivity index (χ1n) is 9.52. The first-order chi connectivity index (χ1) is 13.7. The van der Waals surface area contributed by atoms with Gasteiger partial charge in [0.2, 0.25) is 5.91 Å². The molecule has 0 bridgehead atoms. The number of benzene rings is 2. The van der Waals surface area contributed by atoms with E-state index in [0.29, 0.717) is 18.9 Å². The van der Waals surface area contributed by atoms with Gasteiger partial charge in [0, 0.05) is 30.3 Å². The van der Waals surface area contributed by atoms with Crippen LogP contribution in [0.15, 0.2) is 72.9 Å². The number of carbonyl (C=O) groups is 1. The van der Waals surface area contributed by atoms with Crippen LogP contribution in [0.25, 0.3) is 16.9 Å². The Morgan fingerprint density at radius 2 is 1.93 bits per heavy atom. The maximum absolute atomic E-state index is 13.3. The summed E-state index contributed by atoms with van der Waals surface area (Å²) in [6.45, 7) is 0.384. The molecule has 1 aliphatic carbocycles. The molecule has 1 aromatic heterocycles. The standard InChI is InChI=1S/C23H22FN3O/c24-20-12-10-18(11-13-20)23-19(15-25-22(28)14-17-6-4-5-7-17)16-27(26-23)21-8-2-1-3-9-21/h1-4,6,8-13,16-17H,5,7,14-15H2,(H,25,28). The first-order valence-corrected chi connectivity index (χ1v) is 9.52. The summed E-state index contributed by atoms with van der Waals surface area (Å²) >= 11 is 0. The van der Waals surface area contributed by atoms with Crippen molar-refractivity contribution >= 4 is 5.91 Å². The van der Waals surface area contributed by atoms with Crippen molar-refractivity contribution in [2.24, 2.45) is 5.92 Å². The molecule has 1 amide bonds. The molecule has 1 aliphatic rings. The van der Waals surface area contributed by atoms with Gasteiger partial charge in [0.15, 0.2) is 0 Å². The molecule has 3 aromatic rings. The highest BCUT2D eigenvalue weighted by molar-refractivity contribution is 5.77. The van der Waals surface area contributed by atoms with Gasteiger partial charge < -0.3 is 5.32 Å². The molecule has 0 fully saturated rings. The summed E-state index contributed by atoms with van der Waals surface area (Å²) in [6, 6.07) is 16.1. The van der Waals surface area contributed by atoms with Gasteiger partial charge >= 0.3 is 0 Å². The van der Waals surface area contributed by atoms with Crippen LogP contribution in [0.5, 0.6) is 0 Å². The normalized spacial score (nSPS) is 15.7. The van der Waals surface area contributed by atoms with E-state index in [2.05, 4.69) is 17.5 Å². The van der Waals surface area contributed by atoms with Gasteiger partial charge in [-0.1, -0.05) is 30.4 Å². The fraction of sp³-hybridized carbons (Fsp3) is 0.217. The molecule has 1 atom stereocenters. The lowest BCUT2D eigenvalue weighted by Crippen LogP contribution is -2.24. The van der Waals surface area contributed by atoms with Crippen molar-refractivity contribution in [2.45, 2.75) is 25.8 Å². The summed E-state index contributed by atoms with van der Waals surface area (Å²) < 4.78 is 15.1. The second kappa shape index (κ2) is 8.21. The van der Waals surface area contributed by atoms with Crippen LogP contribution < -0.4 is 5.32 Å². The van der Waals surface area contributed by atoms with Crippen molar-refractivity contribution in [2.75, 3.05) is 0 Å². The molecule has 1 heterocycles. The highest BCUT2D eigenvalue weighted by Gasteiger charge is 2.16. The Labute approximate surface area is 163 Å². The van der Waals surface area contributed by atoms with Crippen molar-refractivity contribution < 1.29 is 9.18 Å². The van der Waals surface area contributed by atoms with Gasteiger partial charge in [0.25, 0.3) is 0 Å². The van der Waals surface area contributed by atoms with Gasteiger partial charge in [-0.25, -0.2) is 9.07 Å². The largest absolute Gasteiger partial charge is 0.352 e. The third-order valence-corrected chi connectivity index (χ3v) is 4.96. The van der Waals surface area contributed by atoms with Crippen LogP contribution >= 0.6 is 0 Å². The molecular weight excluding hydrogens is 353 g/mol. The molecule has 2 aromatic carbocycles. The molecule has 5 heteroatoms. The number of carbonyl (C=O) groups excluding carboxylic acids is 1. The van der Waals surface area contributed by atoms with Gasteiger partial charge in [0.1, 0.15) is 5.82 Å². The fourth-order valence-corrected chi connectivity index (χ4v) is 3.47. The molecule has 28 heavy (non-hydrogen) atoms. The number of rotatable bonds is 6. The van der Waals surface area contributed by atoms with Crippen LogP contribution in [0.2, 0.25) is 0 Å². The van der Waals surface area contributed by atoms with Crippen molar-refractivity contribution in [3.05, 3.63) is 84.3 Å². The van der Waals surface area contributed by atoms with Crippen LogP contribution in [-0.4, -0.2) is 15.7 Å². The Balaban J connectivity index is 1.57. The molecule has 4 rings (SSSR count). The summed E-state index contributed by atoms with van der Waals surface area (Å²) in [4.78, 5) is 12.3. The maximum Gasteiger partial charge on any atom is 0.220 e. The van der Waals surface area contributed by atoms with Crippen molar-refractivity contribution in [1.29, 1.82) is 0 Å². The number of halogens is 1. The van der Waals surface area contributed by atoms with E-state index < -0.39 is 0 Å². The van der Waals surface area contributed by atoms with Crippen molar-refractivity contribution in [3.8, 4) is 16.9 Å². The van der Waals surface area contributed by atoms with Gasteiger partial charge in [-0.3, -0.25) is 4.79 Å². The quantitative estimate of drug-likeness (QED) is 0.638. The minimum Gasteiger partial charge on any atom is -0.352 e. The van der Waals surface area contributed by atoms with E-state index >= 15 is 0 Å². The van der Waals surface area contributed by atoms with Gasteiger partial charge in [-0.2, -0.15) is 5.10 Å². The Kier molecular flexibility index (Phi) is 5.33. The second-order valence-corrected chi connectivity index (χ2v) is 7.04. The van der Waals surface area contributed by atoms with E-state index in [1.165, 1.54) is 12.1 Å².